The van der Waals surface area contributed by atoms with Crippen LogP contribution in [0.4, 0.5) is 9.18 Å². The third-order valence-corrected chi connectivity index (χ3v) is 3.14. The van der Waals surface area contributed by atoms with Gasteiger partial charge in [0.2, 0.25) is 0 Å². The summed E-state index contributed by atoms with van der Waals surface area (Å²) in [5, 5.41) is 14.4. The summed E-state index contributed by atoms with van der Waals surface area (Å²) >= 11 is 0. The number of rotatable bonds is 6. The van der Waals surface area contributed by atoms with Gasteiger partial charge in [-0.25, -0.2) is 9.18 Å². The van der Waals surface area contributed by atoms with Crippen molar-refractivity contribution in [1.29, 1.82) is 0 Å². The zero-order valence-corrected chi connectivity index (χ0v) is 12.2. The molecule has 0 aliphatic rings. The number of hydrogen-bond donors (Lipinski definition) is 3. The number of aliphatic hydroxyl groups is 1. The van der Waals surface area contributed by atoms with E-state index in [2.05, 4.69) is 10.6 Å². The number of nitrogens with one attached hydrogen (secondary N) is 2. The van der Waals surface area contributed by atoms with Crippen LogP contribution in [0.15, 0.2) is 24.3 Å². The average molecular weight is 282 g/mol. The Bertz CT molecular complexity index is 420. The third-order valence-electron chi connectivity index (χ3n) is 3.14. The number of carbonyl (C=O) groups is 1. The summed E-state index contributed by atoms with van der Waals surface area (Å²) in [5.74, 6) is -0.0208. The number of amides is 2. The van der Waals surface area contributed by atoms with Crippen LogP contribution in [0.3, 0.4) is 0 Å². The van der Waals surface area contributed by atoms with Crippen LogP contribution in [-0.4, -0.2) is 29.8 Å². The van der Waals surface area contributed by atoms with Gasteiger partial charge in [0.05, 0.1) is 12.6 Å². The molecule has 0 bridgehead atoms. The second-order valence-electron chi connectivity index (χ2n) is 5.38. The molecular weight excluding hydrogens is 259 g/mol. The molecule has 0 fully saturated rings. The van der Waals surface area contributed by atoms with Gasteiger partial charge in [0.1, 0.15) is 5.82 Å². The van der Waals surface area contributed by atoms with E-state index in [9.17, 15) is 9.18 Å². The van der Waals surface area contributed by atoms with Crippen molar-refractivity contribution >= 4 is 6.03 Å². The Balaban J connectivity index is 2.60. The number of aliphatic hydroxyl groups excluding tert-OH is 1. The molecule has 20 heavy (non-hydrogen) atoms. The highest BCUT2D eigenvalue weighted by molar-refractivity contribution is 5.74. The van der Waals surface area contributed by atoms with E-state index in [-0.39, 0.29) is 36.5 Å². The molecule has 2 amide bonds. The first-order chi connectivity index (χ1) is 9.42. The van der Waals surface area contributed by atoms with Crippen LogP contribution in [0.2, 0.25) is 0 Å². The predicted octanol–water partition coefficient (Wildman–Crippen LogP) is 2.07. The van der Waals surface area contributed by atoms with Gasteiger partial charge in [0, 0.05) is 6.04 Å². The Morgan fingerprint density at radius 1 is 1.20 bits per heavy atom. The molecule has 0 saturated heterocycles. The lowest BCUT2D eigenvalue weighted by molar-refractivity contribution is 0.214. The van der Waals surface area contributed by atoms with Crippen molar-refractivity contribution in [3.05, 3.63) is 35.6 Å². The van der Waals surface area contributed by atoms with E-state index >= 15 is 0 Å². The monoisotopic (exact) mass is 282 g/mol. The van der Waals surface area contributed by atoms with Crippen molar-refractivity contribution in [1.82, 2.24) is 10.6 Å². The number of halogens is 1. The zero-order chi connectivity index (χ0) is 15.1. The van der Waals surface area contributed by atoms with Crippen LogP contribution < -0.4 is 10.6 Å². The first-order valence-electron chi connectivity index (χ1n) is 6.84. The summed E-state index contributed by atoms with van der Waals surface area (Å²) in [6.45, 7) is 5.66. The summed E-state index contributed by atoms with van der Waals surface area (Å²) in [6.07, 6.45) is 0.638. The second kappa shape index (κ2) is 7.85. The normalized spacial score (nSPS) is 13.9. The van der Waals surface area contributed by atoms with Crippen molar-refractivity contribution in [3.63, 3.8) is 0 Å². The van der Waals surface area contributed by atoms with Crippen molar-refractivity contribution in [2.45, 2.75) is 39.3 Å². The van der Waals surface area contributed by atoms with Crippen molar-refractivity contribution in [2.75, 3.05) is 6.61 Å². The van der Waals surface area contributed by atoms with Crippen molar-refractivity contribution in [2.24, 2.45) is 5.92 Å². The Labute approximate surface area is 119 Å². The number of hydrogen-bond acceptors (Lipinski definition) is 2. The average Bonchev–Trinajstić information content (AvgIpc) is 2.40. The van der Waals surface area contributed by atoms with Crippen LogP contribution in [0.25, 0.3) is 0 Å². The van der Waals surface area contributed by atoms with Gasteiger partial charge < -0.3 is 15.7 Å². The van der Waals surface area contributed by atoms with Crippen LogP contribution in [-0.2, 0) is 6.42 Å². The van der Waals surface area contributed by atoms with Crippen LogP contribution in [0.1, 0.15) is 26.3 Å². The molecule has 112 valence electrons. The summed E-state index contributed by atoms with van der Waals surface area (Å²) in [6, 6.07) is 5.65. The Morgan fingerprint density at radius 3 is 2.30 bits per heavy atom. The molecule has 0 aromatic heterocycles. The summed E-state index contributed by atoms with van der Waals surface area (Å²) in [7, 11) is 0. The second-order valence-corrected chi connectivity index (χ2v) is 5.38. The summed E-state index contributed by atoms with van der Waals surface area (Å²) in [4.78, 5) is 11.8. The minimum Gasteiger partial charge on any atom is -0.394 e. The van der Waals surface area contributed by atoms with Crippen molar-refractivity contribution < 1.29 is 14.3 Å². The van der Waals surface area contributed by atoms with Gasteiger partial charge >= 0.3 is 6.03 Å². The standard InChI is InChI=1S/C15H23FN2O2/c1-10(2)14(18-15(20)17-11(3)9-19)8-12-4-6-13(16)7-5-12/h4-7,10-11,14,19H,8-9H2,1-3H3,(H2,17,18,20)/t11-,14+/m1/s1. The van der Waals surface area contributed by atoms with E-state index in [4.69, 9.17) is 5.11 Å². The van der Waals surface area contributed by atoms with Crippen LogP contribution >= 0.6 is 0 Å². The molecule has 4 nitrogen and oxygen atoms in total. The summed E-state index contributed by atoms with van der Waals surface area (Å²) in [5.41, 5.74) is 0.973. The molecule has 0 saturated carbocycles. The van der Waals surface area contributed by atoms with E-state index < -0.39 is 0 Å². The molecule has 3 N–H and O–H groups in total. The molecule has 0 radical (unpaired) electrons. The highest BCUT2D eigenvalue weighted by atomic mass is 19.1. The maximum Gasteiger partial charge on any atom is 0.315 e. The highest BCUT2D eigenvalue weighted by Crippen LogP contribution is 2.11. The predicted molar refractivity (Wildman–Crippen MR) is 76.9 cm³/mol. The largest absolute Gasteiger partial charge is 0.394 e. The van der Waals surface area contributed by atoms with E-state index in [1.54, 1.807) is 19.1 Å². The Morgan fingerprint density at radius 2 is 1.80 bits per heavy atom. The third kappa shape index (κ3) is 5.57. The van der Waals surface area contributed by atoms with E-state index in [1.165, 1.54) is 12.1 Å². The number of benzene rings is 1. The molecule has 5 heteroatoms. The van der Waals surface area contributed by atoms with Crippen molar-refractivity contribution in [3.8, 4) is 0 Å². The lowest BCUT2D eigenvalue weighted by atomic mass is 9.96. The molecule has 0 unspecified atom stereocenters. The molecule has 2 atom stereocenters. The number of carbonyl (C=O) groups excluding carboxylic acids is 1. The molecule has 1 aromatic carbocycles. The smallest absolute Gasteiger partial charge is 0.315 e. The number of urea groups is 1. The lowest BCUT2D eigenvalue weighted by Crippen LogP contribution is -2.48. The topological polar surface area (TPSA) is 61.4 Å². The molecule has 0 heterocycles. The first kappa shape index (κ1) is 16.4. The highest BCUT2D eigenvalue weighted by Gasteiger charge is 2.17. The van der Waals surface area contributed by atoms with Gasteiger partial charge in [-0.05, 0) is 37.0 Å². The fourth-order valence-corrected chi connectivity index (χ4v) is 1.81. The minimum absolute atomic E-state index is 0.0497. The van der Waals surface area contributed by atoms with Gasteiger partial charge in [-0.2, -0.15) is 0 Å². The zero-order valence-electron chi connectivity index (χ0n) is 12.2. The minimum atomic E-state index is -0.299. The lowest BCUT2D eigenvalue weighted by Gasteiger charge is -2.23. The van der Waals surface area contributed by atoms with Gasteiger partial charge in [0.25, 0.3) is 0 Å². The Hall–Kier alpha value is -1.62. The fourth-order valence-electron chi connectivity index (χ4n) is 1.81. The molecule has 0 aliphatic carbocycles. The van der Waals surface area contributed by atoms with Gasteiger partial charge in [0.15, 0.2) is 0 Å². The van der Waals surface area contributed by atoms with Gasteiger partial charge in [-0.3, -0.25) is 0 Å². The van der Waals surface area contributed by atoms with Gasteiger partial charge in [-0.1, -0.05) is 26.0 Å². The molecule has 0 aliphatic heterocycles. The first-order valence-corrected chi connectivity index (χ1v) is 6.84. The molecule has 1 rings (SSSR count). The molecule has 1 aromatic rings. The molecular formula is C15H23FN2O2. The maximum absolute atomic E-state index is 12.9. The Kier molecular flexibility index (Phi) is 6.45. The van der Waals surface area contributed by atoms with E-state index in [1.807, 2.05) is 13.8 Å². The molecule has 0 spiro atoms. The SMILES string of the molecule is CC(C)[C@H](Cc1ccc(F)cc1)NC(=O)N[C@H](C)CO. The van der Waals surface area contributed by atoms with Crippen LogP contribution in [0, 0.1) is 11.7 Å². The van der Waals surface area contributed by atoms with E-state index in [0.717, 1.165) is 5.56 Å². The summed E-state index contributed by atoms with van der Waals surface area (Å²) < 4.78 is 12.9. The fraction of sp³-hybridized carbons (Fsp3) is 0.533. The van der Waals surface area contributed by atoms with Gasteiger partial charge in [-0.15, -0.1) is 0 Å². The maximum atomic E-state index is 12.9. The van der Waals surface area contributed by atoms with Crippen LogP contribution in [0.5, 0.6) is 0 Å². The quantitative estimate of drug-likeness (QED) is 0.748. The van der Waals surface area contributed by atoms with E-state index in [0.29, 0.717) is 6.42 Å².